The van der Waals surface area contributed by atoms with Crippen LogP contribution in [0.2, 0.25) is 0 Å². The molecule has 0 bridgehead atoms. The van der Waals surface area contributed by atoms with Crippen LogP contribution in [0.15, 0.2) is 42.6 Å². The molecule has 0 unspecified atom stereocenters. The number of hydrogen-bond acceptors (Lipinski definition) is 4. The molecule has 0 aliphatic carbocycles. The van der Waals surface area contributed by atoms with E-state index in [9.17, 15) is 9.18 Å². The van der Waals surface area contributed by atoms with Gasteiger partial charge in [0.05, 0.1) is 37.5 Å². The SMILES string of the molecule is COc1ccc(F)c(NC(=O)N(CCC#N)Cc2ccccn2)c1. The molecule has 0 atom stereocenters. The number of aromatic nitrogens is 1. The minimum Gasteiger partial charge on any atom is -0.497 e. The molecule has 2 rings (SSSR count). The van der Waals surface area contributed by atoms with Crippen LogP contribution in [-0.4, -0.2) is 29.6 Å². The second-order valence-electron chi connectivity index (χ2n) is 4.93. The van der Waals surface area contributed by atoms with E-state index >= 15 is 0 Å². The molecule has 0 aliphatic rings. The predicted octanol–water partition coefficient (Wildman–Crippen LogP) is 3.18. The topological polar surface area (TPSA) is 78.2 Å². The van der Waals surface area contributed by atoms with Gasteiger partial charge in [-0.1, -0.05) is 6.07 Å². The first-order valence-electron chi connectivity index (χ1n) is 7.30. The standard InChI is InChI=1S/C17H17FN4O2/c1-24-14-6-7-15(18)16(11-14)21-17(23)22(10-4-8-19)12-13-5-2-3-9-20-13/h2-3,5-7,9,11H,4,10,12H2,1H3,(H,21,23). The van der Waals surface area contributed by atoms with Gasteiger partial charge in [0, 0.05) is 18.8 Å². The fourth-order valence-electron chi connectivity index (χ4n) is 2.05. The second kappa shape index (κ2) is 8.48. The number of rotatable bonds is 6. The Hall–Kier alpha value is -3.14. The third-order valence-corrected chi connectivity index (χ3v) is 3.27. The van der Waals surface area contributed by atoms with Gasteiger partial charge in [0.2, 0.25) is 0 Å². The largest absolute Gasteiger partial charge is 0.497 e. The number of carbonyl (C=O) groups excluding carboxylic acids is 1. The summed E-state index contributed by atoms with van der Waals surface area (Å²) < 4.78 is 18.9. The van der Waals surface area contributed by atoms with Crippen LogP contribution < -0.4 is 10.1 Å². The van der Waals surface area contributed by atoms with Crippen molar-refractivity contribution in [3.63, 3.8) is 0 Å². The average Bonchev–Trinajstić information content (AvgIpc) is 2.61. The van der Waals surface area contributed by atoms with Gasteiger partial charge in [0.15, 0.2) is 0 Å². The van der Waals surface area contributed by atoms with Crippen LogP contribution in [0.25, 0.3) is 0 Å². The average molecular weight is 328 g/mol. The van der Waals surface area contributed by atoms with Gasteiger partial charge in [0.1, 0.15) is 11.6 Å². The molecule has 2 aromatic rings. The molecule has 124 valence electrons. The first-order valence-corrected chi connectivity index (χ1v) is 7.30. The number of nitrogens with zero attached hydrogens (tertiary/aromatic N) is 3. The van der Waals surface area contributed by atoms with Gasteiger partial charge in [-0.25, -0.2) is 9.18 Å². The summed E-state index contributed by atoms with van der Waals surface area (Å²) in [6, 6.07) is 10.9. The van der Waals surface area contributed by atoms with Crippen molar-refractivity contribution < 1.29 is 13.9 Å². The van der Waals surface area contributed by atoms with Gasteiger partial charge in [0.25, 0.3) is 0 Å². The van der Waals surface area contributed by atoms with E-state index in [-0.39, 0.29) is 25.2 Å². The number of anilines is 1. The van der Waals surface area contributed by atoms with E-state index in [2.05, 4.69) is 10.3 Å². The van der Waals surface area contributed by atoms with Crippen molar-refractivity contribution in [1.29, 1.82) is 5.26 Å². The first-order chi connectivity index (χ1) is 11.6. The van der Waals surface area contributed by atoms with Crippen molar-refractivity contribution >= 4 is 11.7 Å². The Morgan fingerprint density at radius 3 is 2.92 bits per heavy atom. The number of amides is 2. The number of carbonyl (C=O) groups is 1. The number of hydrogen-bond donors (Lipinski definition) is 1. The number of nitriles is 1. The van der Waals surface area contributed by atoms with E-state index in [1.807, 2.05) is 12.1 Å². The molecule has 0 radical (unpaired) electrons. The van der Waals surface area contributed by atoms with Gasteiger partial charge in [-0.05, 0) is 24.3 Å². The Labute approximate surface area is 139 Å². The number of benzene rings is 1. The van der Waals surface area contributed by atoms with Crippen LogP contribution in [0, 0.1) is 17.1 Å². The number of halogens is 1. The third kappa shape index (κ3) is 4.68. The summed E-state index contributed by atoms with van der Waals surface area (Å²) in [4.78, 5) is 18.0. The highest BCUT2D eigenvalue weighted by Crippen LogP contribution is 2.21. The molecule has 1 heterocycles. The molecule has 0 aliphatic heterocycles. The van der Waals surface area contributed by atoms with E-state index < -0.39 is 11.8 Å². The van der Waals surface area contributed by atoms with Crippen molar-refractivity contribution in [3.05, 3.63) is 54.1 Å². The zero-order chi connectivity index (χ0) is 17.4. The van der Waals surface area contributed by atoms with Gasteiger partial charge < -0.3 is 15.0 Å². The summed E-state index contributed by atoms with van der Waals surface area (Å²) in [5, 5.41) is 11.3. The number of pyridine rings is 1. The molecule has 0 fully saturated rings. The monoisotopic (exact) mass is 328 g/mol. The lowest BCUT2D eigenvalue weighted by Crippen LogP contribution is -2.35. The smallest absolute Gasteiger partial charge is 0.322 e. The number of nitrogens with one attached hydrogen (secondary N) is 1. The Balaban J connectivity index is 2.14. The van der Waals surface area contributed by atoms with Crippen molar-refractivity contribution in [3.8, 4) is 11.8 Å². The van der Waals surface area contributed by atoms with Crippen LogP contribution >= 0.6 is 0 Å². The van der Waals surface area contributed by atoms with Gasteiger partial charge in [-0.2, -0.15) is 5.26 Å². The maximum atomic E-state index is 13.9. The minimum atomic E-state index is -0.567. The van der Waals surface area contributed by atoms with Crippen LogP contribution in [0.1, 0.15) is 12.1 Å². The van der Waals surface area contributed by atoms with Gasteiger partial charge in [-0.15, -0.1) is 0 Å². The van der Waals surface area contributed by atoms with Crippen LogP contribution in [0.5, 0.6) is 5.75 Å². The Bertz CT molecular complexity index is 731. The molecule has 6 nitrogen and oxygen atoms in total. The van der Waals surface area contributed by atoms with Crippen LogP contribution in [0.3, 0.4) is 0 Å². The molecule has 0 saturated carbocycles. The summed E-state index contributed by atoms with van der Waals surface area (Å²) in [6.07, 6.45) is 1.79. The lowest BCUT2D eigenvalue weighted by atomic mass is 10.3. The molecule has 0 spiro atoms. The molecule has 7 heteroatoms. The molecule has 24 heavy (non-hydrogen) atoms. The molecule has 1 aromatic carbocycles. The van der Waals surface area contributed by atoms with E-state index in [0.29, 0.717) is 11.4 Å². The van der Waals surface area contributed by atoms with E-state index in [1.54, 1.807) is 18.3 Å². The van der Waals surface area contributed by atoms with Crippen LogP contribution in [0.4, 0.5) is 14.9 Å². The quantitative estimate of drug-likeness (QED) is 0.883. The summed E-state index contributed by atoms with van der Waals surface area (Å²) in [5.41, 5.74) is 0.694. The summed E-state index contributed by atoms with van der Waals surface area (Å²) >= 11 is 0. The van der Waals surface area contributed by atoms with Crippen molar-refractivity contribution in [2.75, 3.05) is 19.0 Å². The number of methoxy groups -OCH3 is 1. The lowest BCUT2D eigenvalue weighted by Gasteiger charge is -2.22. The van der Waals surface area contributed by atoms with Crippen molar-refractivity contribution in [1.82, 2.24) is 9.88 Å². The first kappa shape index (κ1) is 17.2. The molecular formula is C17H17FN4O2. The summed E-state index contributed by atoms with van der Waals surface area (Å²) in [7, 11) is 1.46. The van der Waals surface area contributed by atoms with E-state index in [0.717, 1.165) is 0 Å². The fraction of sp³-hybridized carbons (Fsp3) is 0.235. The highest BCUT2D eigenvalue weighted by atomic mass is 19.1. The molecular weight excluding hydrogens is 311 g/mol. The number of urea groups is 1. The summed E-state index contributed by atoms with van der Waals surface area (Å²) in [5.74, 6) is -0.137. The fourth-order valence-corrected chi connectivity index (χ4v) is 2.05. The normalized spacial score (nSPS) is 9.88. The van der Waals surface area contributed by atoms with E-state index in [4.69, 9.17) is 10.00 Å². The second-order valence-corrected chi connectivity index (χ2v) is 4.93. The predicted molar refractivity (Wildman–Crippen MR) is 86.8 cm³/mol. The Kier molecular flexibility index (Phi) is 6.08. The van der Waals surface area contributed by atoms with Crippen LogP contribution in [-0.2, 0) is 6.54 Å². The maximum absolute atomic E-state index is 13.9. The third-order valence-electron chi connectivity index (χ3n) is 3.27. The number of ether oxygens (including phenoxy) is 1. The van der Waals surface area contributed by atoms with Gasteiger partial charge >= 0.3 is 6.03 Å². The molecule has 2 amide bonds. The highest BCUT2D eigenvalue weighted by molar-refractivity contribution is 5.89. The lowest BCUT2D eigenvalue weighted by molar-refractivity contribution is 0.209. The van der Waals surface area contributed by atoms with Crippen molar-refractivity contribution in [2.24, 2.45) is 0 Å². The Morgan fingerprint density at radius 2 is 2.25 bits per heavy atom. The molecule has 1 N–H and O–H groups in total. The highest BCUT2D eigenvalue weighted by Gasteiger charge is 2.16. The maximum Gasteiger partial charge on any atom is 0.322 e. The minimum absolute atomic E-state index is 0.0160. The summed E-state index contributed by atoms with van der Waals surface area (Å²) in [6.45, 7) is 0.435. The van der Waals surface area contributed by atoms with Crippen molar-refractivity contribution in [2.45, 2.75) is 13.0 Å². The molecule has 1 aromatic heterocycles. The zero-order valence-electron chi connectivity index (χ0n) is 13.2. The van der Waals surface area contributed by atoms with Gasteiger partial charge in [-0.3, -0.25) is 4.98 Å². The Morgan fingerprint density at radius 1 is 1.42 bits per heavy atom. The zero-order valence-corrected chi connectivity index (χ0v) is 13.2. The molecule has 0 saturated heterocycles. The van der Waals surface area contributed by atoms with E-state index in [1.165, 1.54) is 30.2 Å².